The quantitative estimate of drug-likeness (QED) is 0.787. The molecule has 0 aliphatic carbocycles. The molecule has 3 N–H and O–H groups in total. The maximum atomic E-state index is 11.7. The fourth-order valence-electron chi connectivity index (χ4n) is 1.46. The standard InChI is InChI=1S/C11H14N4OS/c12-9-3-8-17-10(9)11(16)13-4-1-6-15-7-2-5-14-15/h2-3,5,7-8H,1,4,6,12H2,(H,13,16). The molecule has 0 aliphatic heterocycles. The highest BCUT2D eigenvalue weighted by atomic mass is 32.1. The first-order valence-corrected chi connectivity index (χ1v) is 6.24. The number of carbonyl (C=O) groups excluding carboxylic acids is 1. The second kappa shape index (κ2) is 5.49. The van der Waals surface area contributed by atoms with Gasteiger partial charge in [-0.3, -0.25) is 9.48 Å². The smallest absolute Gasteiger partial charge is 0.263 e. The Kier molecular flexibility index (Phi) is 3.77. The molecule has 5 nitrogen and oxygen atoms in total. The molecule has 0 radical (unpaired) electrons. The van der Waals surface area contributed by atoms with E-state index < -0.39 is 0 Å². The third-order valence-corrected chi connectivity index (χ3v) is 3.24. The number of nitrogens with zero attached hydrogens (tertiary/aromatic N) is 2. The van der Waals surface area contributed by atoms with Crippen molar-refractivity contribution >= 4 is 22.9 Å². The van der Waals surface area contributed by atoms with Crippen LogP contribution in [-0.2, 0) is 6.54 Å². The molecule has 0 saturated carbocycles. The second-order valence-electron chi connectivity index (χ2n) is 3.58. The number of hydrogen-bond acceptors (Lipinski definition) is 4. The van der Waals surface area contributed by atoms with Gasteiger partial charge in [0.05, 0.1) is 5.69 Å². The summed E-state index contributed by atoms with van der Waals surface area (Å²) >= 11 is 1.36. The minimum Gasteiger partial charge on any atom is -0.397 e. The number of nitrogen functional groups attached to an aromatic ring is 1. The van der Waals surface area contributed by atoms with Crippen molar-refractivity contribution in [1.29, 1.82) is 0 Å². The lowest BCUT2D eigenvalue weighted by atomic mass is 10.3. The summed E-state index contributed by atoms with van der Waals surface area (Å²) in [6.07, 6.45) is 4.49. The van der Waals surface area contributed by atoms with E-state index in [0.29, 0.717) is 17.1 Å². The average molecular weight is 250 g/mol. The number of aromatic nitrogens is 2. The fraction of sp³-hybridized carbons (Fsp3) is 0.273. The molecule has 0 saturated heterocycles. The molecule has 0 bridgehead atoms. The summed E-state index contributed by atoms with van der Waals surface area (Å²) in [5, 5.41) is 8.74. The van der Waals surface area contributed by atoms with E-state index in [1.807, 2.05) is 22.3 Å². The number of hydrogen-bond donors (Lipinski definition) is 2. The van der Waals surface area contributed by atoms with Gasteiger partial charge in [-0.1, -0.05) is 0 Å². The molecule has 0 fully saturated rings. The zero-order valence-corrected chi connectivity index (χ0v) is 10.1. The van der Waals surface area contributed by atoms with E-state index >= 15 is 0 Å². The van der Waals surface area contributed by atoms with Crippen LogP contribution in [0, 0.1) is 0 Å². The van der Waals surface area contributed by atoms with Crippen LogP contribution in [-0.4, -0.2) is 22.2 Å². The van der Waals surface area contributed by atoms with Crippen molar-refractivity contribution in [1.82, 2.24) is 15.1 Å². The Morgan fingerprint density at radius 1 is 1.59 bits per heavy atom. The lowest BCUT2D eigenvalue weighted by molar-refractivity contribution is 0.0957. The molecule has 2 heterocycles. The van der Waals surface area contributed by atoms with E-state index in [1.54, 1.807) is 12.3 Å². The SMILES string of the molecule is Nc1ccsc1C(=O)NCCCn1cccn1. The number of anilines is 1. The molecule has 0 spiro atoms. The number of thiophene rings is 1. The van der Waals surface area contributed by atoms with E-state index in [0.717, 1.165) is 13.0 Å². The van der Waals surface area contributed by atoms with E-state index in [4.69, 9.17) is 5.73 Å². The van der Waals surface area contributed by atoms with Crippen molar-refractivity contribution in [3.8, 4) is 0 Å². The summed E-state index contributed by atoms with van der Waals surface area (Å²) in [7, 11) is 0. The van der Waals surface area contributed by atoms with Gasteiger partial charge in [0, 0.05) is 25.5 Å². The van der Waals surface area contributed by atoms with Gasteiger partial charge in [0.25, 0.3) is 5.91 Å². The molecule has 2 rings (SSSR count). The lowest BCUT2D eigenvalue weighted by Crippen LogP contribution is -2.25. The normalized spacial score (nSPS) is 10.4. The number of carbonyl (C=O) groups is 1. The molecule has 0 atom stereocenters. The molecule has 90 valence electrons. The molecule has 6 heteroatoms. The van der Waals surface area contributed by atoms with Crippen LogP contribution < -0.4 is 11.1 Å². The largest absolute Gasteiger partial charge is 0.397 e. The topological polar surface area (TPSA) is 72.9 Å². The predicted octanol–water partition coefficient (Wildman–Crippen LogP) is 1.35. The van der Waals surface area contributed by atoms with Crippen molar-refractivity contribution in [2.75, 3.05) is 12.3 Å². The van der Waals surface area contributed by atoms with Crippen molar-refractivity contribution < 1.29 is 4.79 Å². The fourth-order valence-corrected chi connectivity index (χ4v) is 2.19. The van der Waals surface area contributed by atoms with Crippen LogP contribution in [0.15, 0.2) is 29.9 Å². The Labute approximate surface area is 103 Å². The van der Waals surface area contributed by atoms with Crippen LogP contribution in [0.2, 0.25) is 0 Å². The highest BCUT2D eigenvalue weighted by Crippen LogP contribution is 2.18. The molecule has 2 aromatic heterocycles. The highest BCUT2D eigenvalue weighted by Gasteiger charge is 2.09. The zero-order valence-electron chi connectivity index (χ0n) is 9.30. The van der Waals surface area contributed by atoms with Crippen LogP contribution in [0.5, 0.6) is 0 Å². The Balaban J connectivity index is 1.72. The van der Waals surface area contributed by atoms with Crippen LogP contribution >= 0.6 is 11.3 Å². The number of nitrogens with two attached hydrogens (primary N) is 1. The second-order valence-corrected chi connectivity index (χ2v) is 4.50. The summed E-state index contributed by atoms with van der Waals surface area (Å²) in [6, 6.07) is 3.62. The van der Waals surface area contributed by atoms with Gasteiger partial charge >= 0.3 is 0 Å². The minimum absolute atomic E-state index is 0.0991. The minimum atomic E-state index is -0.0991. The van der Waals surface area contributed by atoms with E-state index in [1.165, 1.54) is 11.3 Å². The Morgan fingerprint density at radius 2 is 2.47 bits per heavy atom. The van der Waals surface area contributed by atoms with Gasteiger partial charge in [-0.05, 0) is 23.9 Å². The number of amides is 1. The molecule has 0 aromatic carbocycles. The maximum absolute atomic E-state index is 11.7. The van der Waals surface area contributed by atoms with Gasteiger partial charge in [-0.15, -0.1) is 11.3 Å². The Hall–Kier alpha value is -1.82. The molecule has 0 unspecified atom stereocenters. The van der Waals surface area contributed by atoms with Gasteiger partial charge in [-0.2, -0.15) is 5.10 Å². The number of nitrogens with one attached hydrogen (secondary N) is 1. The molecule has 17 heavy (non-hydrogen) atoms. The predicted molar refractivity (Wildman–Crippen MR) is 67.9 cm³/mol. The first kappa shape index (κ1) is 11.7. The van der Waals surface area contributed by atoms with Crippen LogP contribution in [0.3, 0.4) is 0 Å². The van der Waals surface area contributed by atoms with Crippen molar-refractivity contribution in [2.45, 2.75) is 13.0 Å². The summed E-state index contributed by atoms with van der Waals surface area (Å²) in [5.74, 6) is -0.0991. The van der Waals surface area contributed by atoms with E-state index in [2.05, 4.69) is 10.4 Å². The van der Waals surface area contributed by atoms with Crippen molar-refractivity contribution in [3.63, 3.8) is 0 Å². The summed E-state index contributed by atoms with van der Waals surface area (Å²) in [4.78, 5) is 12.3. The van der Waals surface area contributed by atoms with E-state index in [9.17, 15) is 4.79 Å². The first-order chi connectivity index (χ1) is 8.27. The lowest BCUT2D eigenvalue weighted by Gasteiger charge is -2.04. The van der Waals surface area contributed by atoms with Crippen LogP contribution in [0.4, 0.5) is 5.69 Å². The van der Waals surface area contributed by atoms with Gasteiger partial charge in [-0.25, -0.2) is 0 Å². The molecular weight excluding hydrogens is 236 g/mol. The molecule has 0 aliphatic rings. The monoisotopic (exact) mass is 250 g/mol. The van der Waals surface area contributed by atoms with Gasteiger partial charge in [0.1, 0.15) is 4.88 Å². The average Bonchev–Trinajstić information content (AvgIpc) is 2.95. The third-order valence-electron chi connectivity index (χ3n) is 2.31. The van der Waals surface area contributed by atoms with Crippen molar-refractivity contribution in [3.05, 3.63) is 34.8 Å². The van der Waals surface area contributed by atoms with Gasteiger partial charge in [0.15, 0.2) is 0 Å². The summed E-state index contributed by atoms with van der Waals surface area (Å²) in [6.45, 7) is 1.42. The van der Waals surface area contributed by atoms with Crippen molar-refractivity contribution in [2.24, 2.45) is 0 Å². The first-order valence-electron chi connectivity index (χ1n) is 5.36. The Morgan fingerprint density at radius 3 is 3.12 bits per heavy atom. The van der Waals surface area contributed by atoms with Gasteiger partial charge in [0.2, 0.25) is 0 Å². The maximum Gasteiger partial charge on any atom is 0.263 e. The van der Waals surface area contributed by atoms with Gasteiger partial charge < -0.3 is 11.1 Å². The number of aryl methyl sites for hydroxylation is 1. The summed E-state index contributed by atoms with van der Waals surface area (Å²) in [5.41, 5.74) is 6.20. The molecular formula is C11H14N4OS. The molecule has 2 aromatic rings. The Bertz CT molecular complexity index is 477. The highest BCUT2D eigenvalue weighted by molar-refractivity contribution is 7.12. The summed E-state index contributed by atoms with van der Waals surface area (Å²) < 4.78 is 1.84. The third kappa shape index (κ3) is 3.07. The van der Waals surface area contributed by atoms with E-state index in [-0.39, 0.29) is 5.91 Å². The molecule has 1 amide bonds. The van der Waals surface area contributed by atoms with Crippen LogP contribution in [0.1, 0.15) is 16.1 Å². The van der Waals surface area contributed by atoms with Crippen LogP contribution in [0.25, 0.3) is 0 Å². The number of rotatable bonds is 5. The zero-order chi connectivity index (χ0) is 12.1.